The summed E-state index contributed by atoms with van der Waals surface area (Å²) in [7, 11) is 0. The average molecular weight is 198 g/mol. The Bertz CT molecular complexity index is 251. The highest BCUT2D eigenvalue weighted by Gasteiger charge is 1.94. The van der Waals surface area contributed by atoms with Crippen molar-refractivity contribution < 1.29 is 0 Å². The van der Waals surface area contributed by atoms with Crippen LogP contribution in [0.25, 0.3) is 0 Å². The molecule has 0 aliphatic rings. The zero-order chi connectivity index (χ0) is 9.68. The van der Waals surface area contributed by atoms with Crippen LogP contribution in [0.4, 0.5) is 5.69 Å². The maximum absolute atomic E-state index is 5.59. The van der Waals surface area contributed by atoms with Crippen LogP contribution in [-0.4, -0.2) is 12.4 Å². The van der Waals surface area contributed by atoms with E-state index in [0.717, 1.165) is 18.8 Å². The predicted octanol–water partition coefficient (Wildman–Crippen LogP) is 3.34. The molecule has 1 aromatic rings. The normalized spacial score (nSPS) is 10.1. The first-order chi connectivity index (χ1) is 6.22. The number of nitrogens with one attached hydrogen (secondary N) is 1. The summed E-state index contributed by atoms with van der Waals surface area (Å²) < 4.78 is 0. The number of halogens is 1. The third-order valence-electron chi connectivity index (χ3n) is 1.86. The van der Waals surface area contributed by atoms with Crippen molar-refractivity contribution in [3.05, 3.63) is 29.3 Å². The molecule has 0 amide bonds. The van der Waals surface area contributed by atoms with E-state index in [2.05, 4.69) is 37.4 Å². The summed E-state index contributed by atoms with van der Waals surface area (Å²) in [6, 6.07) is 6.48. The molecule has 0 heterocycles. The van der Waals surface area contributed by atoms with Crippen molar-refractivity contribution in [2.75, 3.05) is 17.7 Å². The van der Waals surface area contributed by atoms with Crippen molar-refractivity contribution in [1.29, 1.82) is 0 Å². The highest BCUT2D eigenvalue weighted by atomic mass is 35.5. The summed E-state index contributed by atoms with van der Waals surface area (Å²) in [6.45, 7) is 5.17. The molecule has 0 fully saturated rings. The first-order valence-corrected chi connectivity index (χ1v) is 5.14. The van der Waals surface area contributed by atoms with Crippen LogP contribution in [0.2, 0.25) is 0 Å². The summed E-state index contributed by atoms with van der Waals surface area (Å²) >= 11 is 5.59. The third-order valence-corrected chi connectivity index (χ3v) is 2.13. The minimum absolute atomic E-state index is 0.720. The van der Waals surface area contributed by atoms with Gasteiger partial charge in [-0.3, -0.25) is 0 Å². The molecule has 0 atom stereocenters. The SMILES string of the molecule is Cc1cc(C)cc(NCCCCl)c1. The van der Waals surface area contributed by atoms with Crippen molar-refractivity contribution >= 4 is 17.3 Å². The van der Waals surface area contributed by atoms with Crippen LogP contribution < -0.4 is 5.32 Å². The summed E-state index contributed by atoms with van der Waals surface area (Å²) in [5, 5.41) is 3.34. The Morgan fingerprint density at radius 2 is 1.77 bits per heavy atom. The molecule has 1 aromatic carbocycles. The van der Waals surface area contributed by atoms with Gasteiger partial charge in [0, 0.05) is 18.1 Å². The number of hydrogen-bond acceptors (Lipinski definition) is 1. The van der Waals surface area contributed by atoms with Gasteiger partial charge < -0.3 is 5.32 Å². The Hall–Kier alpha value is -0.690. The predicted molar refractivity (Wildman–Crippen MR) is 59.7 cm³/mol. The lowest BCUT2D eigenvalue weighted by Gasteiger charge is -2.07. The molecule has 2 heteroatoms. The smallest absolute Gasteiger partial charge is 0.0345 e. The molecule has 1 N–H and O–H groups in total. The molecular formula is C11H16ClN. The van der Waals surface area contributed by atoms with E-state index in [1.165, 1.54) is 16.8 Å². The van der Waals surface area contributed by atoms with Gasteiger partial charge in [-0.15, -0.1) is 11.6 Å². The minimum atomic E-state index is 0.720. The number of hydrogen-bond donors (Lipinski definition) is 1. The number of alkyl halides is 1. The van der Waals surface area contributed by atoms with Crippen LogP contribution in [0.15, 0.2) is 18.2 Å². The lowest BCUT2D eigenvalue weighted by atomic mass is 10.1. The average Bonchev–Trinajstić information content (AvgIpc) is 2.03. The summed E-state index contributed by atoms with van der Waals surface area (Å²) in [4.78, 5) is 0. The van der Waals surface area contributed by atoms with Crippen LogP contribution in [0, 0.1) is 13.8 Å². The van der Waals surface area contributed by atoms with Crippen molar-refractivity contribution in [1.82, 2.24) is 0 Å². The largest absolute Gasteiger partial charge is 0.385 e. The lowest BCUT2D eigenvalue weighted by Crippen LogP contribution is -2.02. The fraction of sp³-hybridized carbons (Fsp3) is 0.455. The first-order valence-electron chi connectivity index (χ1n) is 4.60. The molecule has 1 nitrogen and oxygen atoms in total. The first kappa shape index (κ1) is 10.4. The van der Waals surface area contributed by atoms with Gasteiger partial charge in [0.1, 0.15) is 0 Å². The van der Waals surface area contributed by atoms with Crippen molar-refractivity contribution in [3.8, 4) is 0 Å². The zero-order valence-corrected chi connectivity index (χ0v) is 8.99. The van der Waals surface area contributed by atoms with Gasteiger partial charge in [-0.25, -0.2) is 0 Å². The van der Waals surface area contributed by atoms with Gasteiger partial charge >= 0.3 is 0 Å². The second kappa shape index (κ2) is 5.13. The fourth-order valence-corrected chi connectivity index (χ4v) is 1.51. The molecule has 0 unspecified atom stereocenters. The van der Waals surface area contributed by atoms with Crippen molar-refractivity contribution in [2.45, 2.75) is 20.3 Å². The summed E-state index contributed by atoms with van der Waals surface area (Å²) in [6.07, 6.45) is 1.01. The molecule has 0 bridgehead atoms. The van der Waals surface area contributed by atoms with Crippen LogP contribution >= 0.6 is 11.6 Å². The number of benzene rings is 1. The van der Waals surface area contributed by atoms with E-state index in [1.807, 2.05) is 0 Å². The molecule has 0 aliphatic carbocycles. The Balaban J connectivity index is 2.56. The molecule has 0 aliphatic heterocycles. The van der Waals surface area contributed by atoms with Gasteiger partial charge in [0.05, 0.1) is 0 Å². The topological polar surface area (TPSA) is 12.0 Å². The standard InChI is InChI=1S/C11H16ClN/c1-9-6-10(2)8-11(7-9)13-5-3-4-12/h6-8,13H,3-5H2,1-2H3. The second-order valence-corrected chi connectivity index (χ2v) is 3.72. The minimum Gasteiger partial charge on any atom is -0.385 e. The zero-order valence-electron chi connectivity index (χ0n) is 8.23. The van der Waals surface area contributed by atoms with Crippen LogP contribution in [0.3, 0.4) is 0 Å². The van der Waals surface area contributed by atoms with Crippen molar-refractivity contribution in [2.24, 2.45) is 0 Å². The fourth-order valence-electron chi connectivity index (χ4n) is 1.38. The molecule has 0 aromatic heterocycles. The summed E-state index contributed by atoms with van der Waals surface area (Å²) in [5.41, 5.74) is 3.80. The van der Waals surface area contributed by atoms with Gasteiger partial charge in [-0.1, -0.05) is 6.07 Å². The van der Waals surface area contributed by atoms with Crippen LogP contribution in [0.5, 0.6) is 0 Å². The Morgan fingerprint density at radius 3 is 2.31 bits per heavy atom. The Morgan fingerprint density at radius 1 is 1.15 bits per heavy atom. The Labute approximate surface area is 85.1 Å². The molecule has 0 saturated carbocycles. The number of rotatable bonds is 4. The molecule has 0 radical (unpaired) electrons. The molecule has 72 valence electrons. The van der Waals surface area contributed by atoms with Crippen LogP contribution in [-0.2, 0) is 0 Å². The van der Waals surface area contributed by atoms with E-state index >= 15 is 0 Å². The molecule has 13 heavy (non-hydrogen) atoms. The maximum Gasteiger partial charge on any atom is 0.0345 e. The Kier molecular flexibility index (Phi) is 4.10. The van der Waals surface area contributed by atoms with E-state index in [1.54, 1.807) is 0 Å². The van der Waals surface area contributed by atoms with Crippen molar-refractivity contribution in [3.63, 3.8) is 0 Å². The maximum atomic E-state index is 5.59. The van der Waals surface area contributed by atoms with Gasteiger partial charge in [0.2, 0.25) is 0 Å². The monoisotopic (exact) mass is 197 g/mol. The molecule has 1 rings (SSSR count). The molecule has 0 saturated heterocycles. The quantitative estimate of drug-likeness (QED) is 0.577. The van der Waals surface area contributed by atoms with Crippen LogP contribution in [0.1, 0.15) is 17.5 Å². The van der Waals surface area contributed by atoms with E-state index < -0.39 is 0 Å². The number of anilines is 1. The lowest BCUT2D eigenvalue weighted by molar-refractivity contribution is 0.986. The van der Waals surface area contributed by atoms with E-state index in [0.29, 0.717) is 0 Å². The van der Waals surface area contributed by atoms with E-state index in [-0.39, 0.29) is 0 Å². The van der Waals surface area contributed by atoms with Gasteiger partial charge in [-0.05, 0) is 43.5 Å². The van der Waals surface area contributed by atoms with Gasteiger partial charge in [0.25, 0.3) is 0 Å². The number of aryl methyl sites for hydroxylation is 2. The van der Waals surface area contributed by atoms with Gasteiger partial charge in [-0.2, -0.15) is 0 Å². The molecular weight excluding hydrogens is 182 g/mol. The third kappa shape index (κ3) is 3.69. The highest BCUT2D eigenvalue weighted by Crippen LogP contribution is 2.13. The highest BCUT2D eigenvalue weighted by molar-refractivity contribution is 6.17. The molecule has 0 spiro atoms. The van der Waals surface area contributed by atoms with Gasteiger partial charge in [0.15, 0.2) is 0 Å². The van der Waals surface area contributed by atoms with E-state index in [9.17, 15) is 0 Å². The second-order valence-electron chi connectivity index (χ2n) is 3.35. The summed E-state index contributed by atoms with van der Waals surface area (Å²) in [5.74, 6) is 0.720. The van der Waals surface area contributed by atoms with E-state index in [4.69, 9.17) is 11.6 Å².